The van der Waals surface area contributed by atoms with Gasteiger partial charge < -0.3 is 0 Å². The van der Waals surface area contributed by atoms with Crippen LogP contribution in [0.5, 0.6) is 0 Å². The smallest absolute Gasteiger partial charge is 0.234 e. The van der Waals surface area contributed by atoms with Crippen molar-refractivity contribution in [3.63, 3.8) is 0 Å². The van der Waals surface area contributed by atoms with Gasteiger partial charge >= 0.3 is 0 Å². The third-order valence-electron chi connectivity index (χ3n) is 4.04. The molecule has 2 heteroatoms. The average Bonchev–Trinajstić information content (AvgIpc) is 2.58. The summed E-state index contributed by atoms with van der Waals surface area (Å²) in [5, 5.41) is 2.06. The topological polar surface area (TPSA) is 34.1 Å². The molecule has 0 aliphatic heterocycles. The molecule has 1 aliphatic carbocycles. The molecule has 0 amide bonds. The minimum absolute atomic E-state index is 0.429. The first-order valence-corrected chi connectivity index (χ1v) is 7.13. The summed E-state index contributed by atoms with van der Waals surface area (Å²) in [5.41, 5.74) is 2.57. The van der Waals surface area contributed by atoms with Crippen LogP contribution < -0.4 is 0 Å². The van der Waals surface area contributed by atoms with E-state index in [1.807, 2.05) is 66.7 Å². The Balaban J connectivity index is 2.04. The Bertz CT molecular complexity index is 950. The maximum atomic E-state index is 12.5. The van der Waals surface area contributed by atoms with Gasteiger partial charge in [-0.15, -0.1) is 0 Å². The summed E-state index contributed by atoms with van der Waals surface area (Å²) in [7, 11) is 0. The first kappa shape index (κ1) is 12.7. The lowest BCUT2D eigenvalue weighted by molar-refractivity contribution is -0.110. The van der Waals surface area contributed by atoms with E-state index in [0.29, 0.717) is 11.1 Å². The Labute approximate surface area is 127 Å². The van der Waals surface area contributed by atoms with Crippen LogP contribution in [0.15, 0.2) is 66.7 Å². The molecule has 0 atom stereocenters. The quantitative estimate of drug-likeness (QED) is 0.629. The van der Waals surface area contributed by atoms with E-state index in [1.54, 1.807) is 6.07 Å². The molecule has 0 heterocycles. The van der Waals surface area contributed by atoms with Crippen LogP contribution in [0, 0.1) is 0 Å². The second kappa shape index (κ2) is 4.78. The Kier molecular flexibility index (Phi) is 2.76. The van der Waals surface area contributed by atoms with Crippen LogP contribution in [0.2, 0.25) is 0 Å². The predicted octanol–water partition coefficient (Wildman–Crippen LogP) is 4.15. The molecule has 0 saturated heterocycles. The fraction of sp³-hybridized carbons (Fsp3) is 0. The van der Waals surface area contributed by atoms with Crippen molar-refractivity contribution in [2.45, 2.75) is 0 Å². The third kappa shape index (κ3) is 1.81. The van der Waals surface area contributed by atoms with Crippen molar-refractivity contribution < 1.29 is 9.59 Å². The molecule has 0 N–H and O–H groups in total. The molecule has 0 unspecified atom stereocenters. The third-order valence-corrected chi connectivity index (χ3v) is 4.04. The van der Waals surface area contributed by atoms with E-state index in [0.717, 1.165) is 21.9 Å². The number of ketones is 2. The zero-order valence-corrected chi connectivity index (χ0v) is 11.7. The molecule has 2 nitrogen and oxygen atoms in total. The number of fused-ring (bicyclic) bond motifs is 3. The average molecular weight is 284 g/mol. The lowest BCUT2D eigenvalue weighted by atomic mass is 9.84. The maximum absolute atomic E-state index is 12.5. The number of hydrogen-bond donors (Lipinski definition) is 0. The minimum Gasteiger partial charge on any atom is -0.285 e. The number of Topliss-reactive ketones (excluding diaryl/α,β-unsaturated/α-hetero) is 2. The molecule has 0 fully saturated rings. The van der Waals surface area contributed by atoms with Crippen molar-refractivity contribution in [1.29, 1.82) is 0 Å². The minimum atomic E-state index is -0.436. The molecule has 0 bridgehead atoms. The van der Waals surface area contributed by atoms with Crippen molar-refractivity contribution in [3.8, 4) is 0 Å². The second-order valence-corrected chi connectivity index (χ2v) is 5.33. The highest BCUT2D eigenvalue weighted by molar-refractivity contribution is 6.61. The molecule has 104 valence electrons. The fourth-order valence-electron chi connectivity index (χ4n) is 2.94. The number of benzene rings is 3. The first-order chi connectivity index (χ1) is 10.8. The number of carbonyl (C=O) groups is 2. The lowest BCUT2D eigenvalue weighted by Crippen LogP contribution is -2.20. The van der Waals surface area contributed by atoms with Crippen LogP contribution in [0.1, 0.15) is 21.5 Å². The van der Waals surface area contributed by atoms with Gasteiger partial charge in [0.15, 0.2) is 0 Å². The molecule has 1 aliphatic rings. The molecule has 22 heavy (non-hydrogen) atoms. The standard InChI is InChI=1S/C20H12O2/c21-19-16-11-10-14-8-4-5-9-15(14)18(16)12-17(20(19)22)13-6-2-1-3-7-13/h1-12H. The molecule has 3 aromatic rings. The van der Waals surface area contributed by atoms with Crippen molar-refractivity contribution in [3.05, 3.63) is 83.4 Å². The van der Waals surface area contributed by atoms with Gasteiger partial charge in [0.1, 0.15) is 0 Å². The van der Waals surface area contributed by atoms with Gasteiger partial charge in [0.2, 0.25) is 11.6 Å². The van der Waals surface area contributed by atoms with Gasteiger partial charge in [0.05, 0.1) is 0 Å². The van der Waals surface area contributed by atoms with Gasteiger partial charge in [-0.1, -0.05) is 60.7 Å². The predicted molar refractivity (Wildman–Crippen MR) is 87.6 cm³/mol. The van der Waals surface area contributed by atoms with Crippen molar-refractivity contribution in [2.24, 2.45) is 0 Å². The molecular formula is C20H12O2. The van der Waals surface area contributed by atoms with Gasteiger partial charge in [-0.05, 0) is 34.0 Å². The summed E-state index contributed by atoms with van der Waals surface area (Å²) in [4.78, 5) is 24.9. The Hall–Kier alpha value is -3.00. The van der Waals surface area contributed by atoms with Crippen molar-refractivity contribution in [2.75, 3.05) is 0 Å². The molecule has 0 saturated carbocycles. The van der Waals surface area contributed by atoms with E-state index < -0.39 is 11.6 Å². The first-order valence-electron chi connectivity index (χ1n) is 7.13. The second-order valence-electron chi connectivity index (χ2n) is 5.33. The zero-order valence-electron chi connectivity index (χ0n) is 11.7. The van der Waals surface area contributed by atoms with Crippen molar-refractivity contribution >= 4 is 34.0 Å². The molecule has 0 aromatic heterocycles. The lowest BCUT2D eigenvalue weighted by Gasteiger charge is -2.16. The normalized spacial score (nSPS) is 13.9. The molecule has 3 aromatic carbocycles. The van der Waals surface area contributed by atoms with Gasteiger partial charge in [0.25, 0.3) is 0 Å². The summed E-state index contributed by atoms with van der Waals surface area (Å²) in [5.74, 6) is -0.865. The van der Waals surface area contributed by atoms with E-state index in [4.69, 9.17) is 0 Å². The van der Waals surface area contributed by atoms with E-state index in [2.05, 4.69) is 0 Å². The fourth-order valence-corrected chi connectivity index (χ4v) is 2.94. The highest BCUT2D eigenvalue weighted by atomic mass is 16.2. The number of carbonyl (C=O) groups excluding carboxylic acids is 2. The van der Waals surface area contributed by atoms with Crippen LogP contribution >= 0.6 is 0 Å². The van der Waals surface area contributed by atoms with Gasteiger partial charge in [-0.25, -0.2) is 0 Å². The van der Waals surface area contributed by atoms with Crippen LogP contribution in [0.4, 0.5) is 0 Å². The summed E-state index contributed by atoms with van der Waals surface area (Å²) < 4.78 is 0. The summed E-state index contributed by atoms with van der Waals surface area (Å²) in [6.07, 6.45) is 1.84. The number of hydrogen-bond acceptors (Lipinski definition) is 2. The Morgan fingerprint density at radius 2 is 1.36 bits per heavy atom. The van der Waals surface area contributed by atoms with Gasteiger partial charge in [-0.2, -0.15) is 0 Å². The zero-order chi connectivity index (χ0) is 15.1. The van der Waals surface area contributed by atoms with Crippen LogP contribution in [-0.2, 0) is 4.79 Å². The maximum Gasteiger partial charge on any atom is 0.234 e. The van der Waals surface area contributed by atoms with E-state index in [1.165, 1.54) is 0 Å². The summed E-state index contributed by atoms with van der Waals surface area (Å²) >= 11 is 0. The summed E-state index contributed by atoms with van der Waals surface area (Å²) in [6, 6.07) is 20.9. The number of allylic oxidation sites excluding steroid dienone is 1. The summed E-state index contributed by atoms with van der Waals surface area (Å²) in [6.45, 7) is 0. The van der Waals surface area contributed by atoms with E-state index >= 15 is 0 Å². The molecule has 0 radical (unpaired) electrons. The highest BCUT2D eigenvalue weighted by Crippen LogP contribution is 2.32. The van der Waals surface area contributed by atoms with Crippen LogP contribution in [0.25, 0.3) is 22.4 Å². The molecule has 4 rings (SSSR count). The monoisotopic (exact) mass is 284 g/mol. The van der Waals surface area contributed by atoms with Gasteiger partial charge in [-0.3, -0.25) is 9.59 Å². The van der Waals surface area contributed by atoms with Crippen LogP contribution in [-0.4, -0.2) is 11.6 Å². The van der Waals surface area contributed by atoms with E-state index in [-0.39, 0.29) is 0 Å². The van der Waals surface area contributed by atoms with Crippen LogP contribution in [0.3, 0.4) is 0 Å². The van der Waals surface area contributed by atoms with Crippen molar-refractivity contribution in [1.82, 2.24) is 0 Å². The molecule has 0 spiro atoms. The number of rotatable bonds is 1. The van der Waals surface area contributed by atoms with E-state index in [9.17, 15) is 9.59 Å². The Morgan fingerprint density at radius 3 is 2.18 bits per heavy atom. The Morgan fingerprint density at radius 1 is 0.636 bits per heavy atom. The highest BCUT2D eigenvalue weighted by Gasteiger charge is 2.29. The molecular weight excluding hydrogens is 272 g/mol. The van der Waals surface area contributed by atoms with Gasteiger partial charge in [0, 0.05) is 11.1 Å². The SMILES string of the molecule is O=C1C(=O)c2ccc3ccccc3c2C=C1c1ccccc1. The largest absolute Gasteiger partial charge is 0.285 e.